The molecule has 0 radical (unpaired) electrons. The van der Waals surface area contributed by atoms with Gasteiger partial charge in [0.15, 0.2) is 5.82 Å². The van der Waals surface area contributed by atoms with Crippen LogP contribution < -0.4 is 5.32 Å². The summed E-state index contributed by atoms with van der Waals surface area (Å²) in [6.07, 6.45) is 7.70. The molecule has 3 heterocycles. The van der Waals surface area contributed by atoms with Crippen LogP contribution in [0.1, 0.15) is 13.3 Å². The number of aromatic nitrogens is 8. The van der Waals surface area contributed by atoms with Crippen LogP contribution in [0.25, 0.3) is 17.5 Å². The fourth-order valence-electron chi connectivity index (χ4n) is 1.89. The van der Waals surface area contributed by atoms with Gasteiger partial charge in [-0.3, -0.25) is 4.57 Å². The lowest BCUT2D eigenvalue weighted by molar-refractivity contribution is 0.582. The summed E-state index contributed by atoms with van der Waals surface area (Å²) in [5.41, 5.74) is 0.761. The Hall–Kier alpha value is -2.84. The lowest BCUT2D eigenvalue weighted by Gasteiger charge is -2.07. The van der Waals surface area contributed by atoms with E-state index in [0.717, 1.165) is 18.7 Å². The quantitative estimate of drug-likeness (QED) is 0.739. The lowest BCUT2D eigenvalue weighted by atomic mass is 10.4. The fraction of sp³-hybridized carbons (Fsp3) is 0.333. The number of nitrogens with zero attached hydrogens (tertiary/aromatic N) is 8. The summed E-state index contributed by atoms with van der Waals surface area (Å²) in [7, 11) is 1.76. The second-order valence-electron chi connectivity index (χ2n) is 4.34. The molecular weight excluding hydrogens is 270 g/mol. The van der Waals surface area contributed by atoms with E-state index in [-0.39, 0.29) is 0 Å². The lowest BCUT2D eigenvalue weighted by Crippen LogP contribution is -2.09. The Morgan fingerprint density at radius 3 is 2.86 bits per heavy atom. The molecule has 0 spiro atoms. The topological polar surface area (TPSA) is 99.2 Å². The summed E-state index contributed by atoms with van der Waals surface area (Å²) in [4.78, 5) is 17.2. The van der Waals surface area contributed by atoms with Crippen molar-refractivity contribution in [2.24, 2.45) is 0 Å². The first kappa shape index (κ1) is 13.2. The molecule has 21 heavy (non-hydrogen) atoms. The van der Waals surface area contributed by atoms with Crippen LogP contribution >= 0.6 is 0 Å². The zero-order valence-electron chi connectivity index (χ0n) is 11.8. The minimum atomic E-state index is 0.480. The van der Waals surface area contributed by atoms with Gasteiger partial charge in [-0.05, 0) is 6.42 Å². The molecule has 0 aromatic carbocycles. The third-order valence-corrected chi connectivity index (χ3v) is 2.86. The number of rotatable bonds is 5. The van der Waals surface area contributed by atoms with Gasteiger partial charge >= 0.3 is 0 Å². The first-order valence-corrected chi connectivity index (χ1v) is 6.63. The Bertz CT molecular complexity index is 716. The molecule has 0 unspecified atom stereocenters. The highest BCUT2D eigenvalue weighted by Crippen LogP contribution is 2.16. The minimum absolute atomic E-state index is 0.480. The van der Waals surface area contributed by atoms with Crippen molar-refractivity contribution in [3.05, 3.63) is 24.9 Å². The largest absolute Gasteiger partial charge is 0.357 e. The van der Waals surface area contributed by atoms with E-state index in [0.29, 0.717) is 17.7 Å². The number of hydrogen-bond donors (Lipinski definition) is 1. The van der Waals surface area contributed by atoms with Crippen LogP contribution in [0.15, 0.2) is 24.9 Å². The third-order valence-electron chi connectivity index (χ3n) is 2.86. The smallest absolute Gasteiger partial charge is 0.240 e. The van der Waals surface area contributed by atoms with Gasteiger partial charge in [0, 0.05) is 26.0 Å². The second kappa shape index (κ2) is 5.65. The fourth-order valence-corrected chi connectivity index (χ4v) is 1.89. The van der Waals surface area contributed by atoms with Crippen molar-refractivity contribution >= 4 is 5.95 Å². The van der Waals surface area contributed by atoms with E-state index in [1.807, 2.05) is 0 Å². The number of hydrogen-bond acceptors (Lipinski definition) is 7. The predicted octanol–water partition coefficient (Wildman–Crippen LogP) is 0.767. The Balaban J connectivity index is 2.09. The summed E-state index contributed by atoms with van der Waals surface area (Å²) < 4.78 is 3.51. The normalized spacial score (nSPS) is 10.8. The zero-order chi connectivity index (χ0) is 14.7. The van der Waals surface area contributed by atoms with E-state index in [1.54, 1.807) is 41.2 Å². The highest BCUT2D eigenvalue weighted by atomic mass is 15.4. The van der Waals surface area contributed by atoms with Crippen LogP contribution in [-0.2, 0) is 6.54 Å². The van der Waals surface area contributed by atoms with E-state index in [2.05, 4.69) is 42.5 Å². The SMILES string of the molecule is CCCn1nncc1-c1nc(NC)nc(-n2ccnc2)n1. The van der Waals surface area contributed by atoms with Gasteiger partial charge in [-0.2, -0.15) is 15.0 Å². The molecule has 0 amide bonds. The van der Waals surface area contributed by atoms with Crippen LogP contribution in [-0.4, -0.2) is 46.5 Å². The average molecular weight is 285 g/mol. The summed E-state index contributed by atoms with van der Waals surface area (Å²) in [6.45, 7) is 2.84. The van der Waals surface area contributed by atoms with Crippen molar-refractivity contribution in [1.29, 1.82) is 0 Å². The average Bonchev–Trinajstić information content (AvgIpc) is 3.18. The maximum atomic E-state index is 4.47. The Morgan fingerprint density at radius 1 is 1.24 bits per heavy atom. The molecule has 9 heteroatoms. The molecule has 0 aliphatic heterocycles. The standard InChI is InChI=1S/C12H15N9/c1-3-5-21-9(7-15-19-21)10-16-11(13-2)18-12(17-10)20-6-4-14-8-20/h4,6-8H,3,5H2,1-2H3,(H,13,16,17,18). The summed E-state index contributed by atoms with van der Waals surface area (Å²) in [5, 5.41) is 10.9. The predicted molar refractivity (Wildman–Crippen MR) is 75.8 cm³/mol. The molecule has 9 nitrogen and oxygen atoms in total. The maximum absolute atomic E-state index is 4.47. The monoisotopic (exact) mass is 285 g/mol. The van der Waals surface area contributed by atoms with E-state index in [1.165, 1.54) is 0 Å². The molecule has 3 rings (SSSR count). The van der Waals surface area contributed by atoms with Crippen molar-refractivity contribution < 1.29 is 0 Å². The van der Waals surface area contributed by atoms with Crippen LogP contribution in [0.2, 0.25) is 0 Å². The van der Waals surface area contributed by atoms with Crippen LogP contribution in [0, 0.1) is 0 Å². The number of anilines is 1. The van der Waals surface area contributed by atoms with Crippen LogP contribution in [0.4, 0.5) is 5.95 Å². The van der Waals surface area contributed by atoms with E-state index < -0.39 is 0 Å². The van der Waals surface area contributed by atoms with Gasteiger partial charge in [0.25, 0.3) is 0 Å². The molecule has 0 atom stereocenters. The molecule has 0 bridgehead atoms. The molecule has 0 saturated carbocycles. The molecule has 0 fully saturated rings. The van der Waals surface area contributed by atoms with Gasteiger partial charge in [-0.15, -0.1) is 5.10 Å². The second-order valence-corrected chi connectivity index (χ2v) is 4.34. The highest BCUT2D eigenvalue weighted by molar-refractivity contribution is 5.51. The van der Waals surface area contributed by atoms with Gasteiger partial charge in [0.1, 0.15) is 12.0 Å². The number of nitrogens with one attached hydrogen (secondary N) is 1. The van der Waals surface area contributed by atoms with Crippen molar-refractivity contribution in [2.75, 3.05) is 12.4 Å². The van der Waals surface area contributed by atoms with Gasteiger partial charge < -0.3 is 5.32 Å². The van der Waals surface area contributed by atoms with Gasteiger partial charge in [0.05, 0.1) is 6.20 Å². The summed E-state index contributed by atoms with van der Waals surface area (Å²) in [5.74, 6) is 1.50. The third kappa shape index (κ3) is 2.57. The highest BCUT2D eigenvalue weighted by Gasteiger charge is 2.13. The van der Waals surface area contributed by atoms with Crippen molar-refractivity contribution in [3.63, 3.8) is 0 Å². The van der Waals surface area contributed by atoms with Gasteiger partial charge in [-0.1, -0.05) is 12.1 Å². The van der Waals surface area contributed by atoms with Crippen molar-refractivity contribution in [1.82, 2.24) is 39.5 Å². The molecular formula is C12H15N9. The Kier molecular flexibility index (Phi) is 3.54. The van der Waals surface area contributed by atoms with E-state index in [9.17, 15) is 0 Å². The molecule has 3 aromatic heterocycles. The number of aryl methyl sites for hydroxylation is 1. The Morgan fingerprint density at radius 2 is 2.14 bits per heavy atom. The first-order valence-electron chi connectivity index (χ1n) is 6.63. The summed E-state index contributed by atoms with van der Waals surface area (Å²) >= 11 is 0. The molecule has 1 N–H and O–H groups in total. The van der Waals surface area contributed by atoms with E-state index >= 15 is 0 Å². The summed E-state index contributed by atoms with van der Waals surface area (Å²) in [6, 6.07) is 0. The maximum Gasteiger partial charge on any atom is 0.240 e. The van der Waals surface area contributed by atoms with Crippen LogP contribution in [0.3, 0.4) is 0 Å². The first-order chi connectivity index (χ1) is 10.3. The zero-order valence-corrected chi connectivity index (χ0v) is 11.8. The molecule has 0 aliphatic carbocycles. The van der Waals surface area contributed by atoms with E-state index in [4.69, 9.17) is 0 Å². The van der Waals surface area contributed by atoms with Gasteiger partial charge in [-0.25, -0.2) is 9.67 Å². The minimum Gasteiger partial charge on any atom is -0.357 e. The molecule has 0 aliphatic rings. The molecule has 0 saturated heterocycles. The Labute approximate surface area is 121 Å². The van der Waals surface area contributed by atoms with Crippen LogP contribution in [0.5, 0.6) is 0 Å². The molecule has 3 aromatic rings. The van der Waals surface area contributed by atoms with Crippen molar-refractivity contribution in [2.45, 2.75) is 19.9 Å². The van der Waals surface area contributed by atoms with Crippen molar-refractivity contribution in [3.8, 4) is 17.5 Å². The van der Waals surface area contributed by atoms with Gasteiger partial charge in [0.2, 0.25) is 11.9 Å². The number of imidazole rings is 1. The molecule has 108 valence electrons.